The second kappa shape index (κ2) is 7.75. The largest absolute Gasteiger partial charge is 0.344 e. The van der Waals surface area contributed by atoms with Gasteiger partial charge in [0, 0.05) is 22.9 Å². The number of nitrogens with zero attached hydrogens (tertiary/aromatic N) is 2. The molecule has 1 atom stereocenters. The van der Waals surface area contributed by atoms with E-state index in [0.29, 0.717) is 5.56 Å². The van der Waals surface area contributed by atoms with Gasteiger partial charge in [0.05, 0.1) is 11.7 Å². The zero-order valence-corrected chi connectivity index (χ0v) is 14.0. The maximum absolute atomic E-state index is 12.3. The highest BCUT2D eigenvalue weighted by Crippen LogP contribution is 2.25. The Morgan fingerprint density at radius 1 is 0.958 bits per heavy atom. The maximum Gasteiger partial charge on any atom is 0.251 e. The third kappa shape index (κ3) is 4.20. The zero-order chi connectivity index (χ0) is 16.8. The van der Waals surface area contributed by atoms with Crippen molar-refractivity contribution >= 4 is 17.7 Å². The number of rotatable bonds is 5. The molecule has 2 heterocycles. The third-order valence-corrected chi connectivity index (χ3v) is 4.41. The Labute approximate surface area is 145 Å². The van der Waals surface area contributed by atoms with Crippen LogP contribution in [-0.4, -0.2) is 15.9 Å². The van der Waals surface area contributed by atoms with Crippen molar-refractivity contribution in [2.24, 2.45) is 0 Å². The molecule has 0 spiro atoms. The van der Waals surface area contributed by atoms with Crippen molar-refractivity contribution in [2.45, 2.75) is 22.9 Å². The number of hydrogen-bond acceptors (Lipinski definition) is 4. The molecule has 3 aromatic rings. The van der Waals surface area contributed by atoms with Crippen LogP contribution in [0.15, 0.2) is 83.0 Å². The molecule has 0 radical (unpaired) electrons. The minimum absolute atomic E-state index is 0.109. The molecule has 4 nitrogen and oxygen atoms in total. The van der Waals surface area contributed by atoms with Gasteiger partial charge in [-0.15, -0.1) is 0 Å². The van der Waals surface area contributed by atoms with Gasteiger partial charge >= 0.3 is 0 Å². The van der Waals surface area contributed by atoms with Crippen molar-refractivity contribution in [2.75, 3.05) is 0 Å². The Morgan fingerprint density at radius 3 is 2.29 bits per heavy atom. The maximum atomic E-state index is 12.3. The fourth-order valence-electron chi connectivity index (χ4n) is 2.19. The summed E-state index contributed by atoms with van der Waals surface area (Å²) >= 11 is 1.57. The lowest BCUT2D eigenvalue weighted by molar-refractivity contribution is 0.0939. The van der Waals surface area contributed by atoms with Crippen LogP contribution in [0, 0.1) is 0 Å². The summed E-state index contributed by atoms with van der Waals surface area (Å²) in [6.07, 6.45) is 3.49. The third-order valence-electron chi connectivity index (χ3n) is 3.46. The van der Waals surface area contributed by atoms with Gasteiger partial charge in [-0.3, -0.25) is 9.78 Å². The summed E-state index contributed by atoms with van der Waals surface area (Å²) < 4.78 is 0. The van der Waals surface area contributed by atoms with E-state index >= 15 is 0 Å². The molecule has 1 aromatic carbocycles. The molecular weight excluding hydrogens is 318 g/mol. The number of amides is 1. The van der Waals surface area contributed by atoms with Gasteiger partial charge in [-0.25, -0.2) is 4.98 Å². The summed E-state index contributed by atoms with van der Waals surface area (Å²) in [7, 11) is 0. The van der Waals surface area contributed by atoms with Gasteiger partial charge in [-0.05, 0) is 55.5 Å². The lowest BCUT2D eigenvalue weighted by atomic mass is 10.1. The normalized spacial score (nSPS) is 11.7. The molecule has 0 fully saturated rings. The quantitative estimate of drug-likeness (QED) is 0.762. The van der Waals surface area contributed by atoms with Crippen LogP contribution in [0.1, 0.15) is 29.0 Å². The first-order valence-electron chi connectivity index (χ1n) is 7.63. The molecule has 120 valence electrons. The number of carbonyl (C=O) groups is 1. The Morgan fingerprint density at radius 2 is 1.67 bits per heavy atom. The topological polar surface area (TPSA) is 54.9 Å². The minimum atomic E-state index is -0.138. The first-order chi connectivity index (χ1) is 11.7. The van der Waals surface area contributed by atoms with Gasteiger partial charge in [-0.2, -0.15) is 0 Å². The SMILES string of the molecule is CC(NC(=O)c1ccc(Sc2ccccn2)cc1)c1ccccn1. The Balaban J connectivity index is 1.63. The van der Waals surface area contributed by atoms with Crippen LogP contribution >= 0.6 is 11.8 Å². The van der Waals surface area contributed by atoms with Crippen molar-refractivity contribution < 1.29 is 4.79 Å². The summed E-state index contributed by atoms with van der Waals surface area (Å²) in [5.41, 5.74) is 1.47. The number of hydrogen-bond donors (Lipinski definition) is 1. The zero-order valence-electron chi connectivity index (χ0n) is 13.2. The highest BCUT2D eigenvalue weighted by molar-refractivity contribution is 7.99. The van der Waals surface area contributed by atoms with E-state index in [0.717, 1.165) is 15.6 Å². The molecule has 5 heteroatoms. The van der Waals surface area contributed by atoms with E-state index in [-0.39, 0.29) is 11.9 Å². The van der Waals surface area contributed by atoms with E-state index in [4.69, 9.17) is 0 Å². The van der Waals surface area contributed by atoms with Crippen LogP contribution in [-0.2, 0) is 0 Å². The molecule has 24 heavy (non-hydrogen) atoms. The van der Waals surface area contributed by atoms with Gasteiger partial charge < -0.3 is 5.32 Å². The van der Waals surface area contributed by atoms with Crippen LogP contribution < -0.4 is 5.32 Å². The number of carbonyl (C=O) groups excluding carboxylic acids is 1. The Bertz CT molecular complexity index is 792. The molecule has 1 N–H and O–H groups in total. The van der Waals surface area contributed by atoms with Gasteiger partial charge in [0.25, 0.3) is 5.91 Å². The lowest BCUT2D eigenvalue weighted by Gasteiger charge is -2.13. The van der Waals surface area contributed by atoms with E-state index in [1.165, 1.54) is 0 Å². The number of pyridine rings is 2. The van der Waals surface area contributed by atoms with Crippen LogP contribution in [0.3, 0.4) is 0 Å². The van der Waals surface area contributed by atoms with Gasteiger partial charge in [0.15, 0.2) is 0 Å². The van der Waals surface area contributed by atoms with E-state index in [1.54, 1.807) is 24.2 Å². The minimum Gasteiger partial charge on any atom is -0.344 e. The van der Waals surface area contributed by atoms with E-state index in [2.05, 4.69) is 15.3 Å². The van der Waals surface area contributed by atoms with Crippen LogP contribution in [0.25, 0.3) is 0 Å². The Kier molecular flexibility index (Phi) is 5.23. The molecule has 1 amide bonds. The van der Waals surface area contributed by atoms with Crippen LogP contribution in [0.5, 0.6) is 0 Å². The van der Waals surface area contributed by atoms with Gasteiger partial charge in [0.2, 0.25) is 0 Å². The molecule has 0 bridgehead atoms. The molecular formula is C19H17N3OS. The van der Waals surface area contributed by atoms with Crippen LogP contribution in [0.2, 0.25) is 0 Å². The van der Waals surface area contributed by atoms with Crippen molar-refractivity contribution in [3.63, 3.8) is 0 Å². The molecule has 3 rings (SSSR count). The fourth-order valence-corrected chi connectivity index (χ4v) is 2.96. The molecule has 2 aromatic heterocycles. The second-order valence-corrected chi connectivity index (χ2v) is 6.34. The van der Waals surface area contributed by atoms with Crippen LogP contribution in [0.4, 0.5) is 0 Å². The Hall–Kier alpha value is -2.66. The number of benzene rings is 1. The highest BCUT2D eigenvalue weighted by atomic mass is 32.2. The lowest BCUT2D eigenvalue weighted by Crippen LogP contribution is -2.27. The van der Waals surface area contributed by atoms with Crippen molar-refractivity contribution in [3.05, 3.63) is 84.3 Å². The molecule has 0 saturated carbocycles. The highest BCUT2D eigenvalue weighted by Gasteiger charge is 2.12. The van der Waals surface area contributed by atoms with Gasteiger partial charge in [0.1, 0.15) is 5.03 Å². The summed E-state index contributed by atoms with van der Waals surface area (Å²) in [5, 5.41) is 3.89. The molecule has 0 aliphatic heterocycles. The van der Waals surface area contributed by atoms with E-state index in [1.807, 2.05) is 67.6 Å². The molecule has 1 unspecified atom stereocenters. The second-order valence-electron chi connectivity index (χ2n) is 5.24. The fraction of sp³-hybridized carbons (Fsp3) is 0.105. The predicted octanol–water partition coefficient (Wildman–Crippen LogP) is 4.12. The van der Waals surface area contributed by atoms with Crippen molar-refractivity contribution in [3.8, 4) is 0 Å². The molecule has 0 aliphatic rings. The summed E-state index contributed by atoms with van der Waals surface area (Å²) in [6, 6.07) is 18.8. The van der Waals surface area contributed by atoms with Crippen molar-refractivity contribution in [1.82, 2.24) is 15.3 Å². The molecule has 0 saturated heterocycles. The first kappa shape index (κ1) is 16.2. The van der Waals surface area contributed by atoms with Crippen molar-refractivity contribution in [1.29, 1.82) is 0 Å². The number of aromatic nitrogens is 2. The smallest absolute Gasteiger partial charge is 0.251 e. The van der Waals surface area contributed by atoms with E-state index < -0.39 is 0 Å². The monoisotopic (exact) mass is 335 g/mol. The summed E-state index contributed by atoms with van der Waals surface area (Å²) in [5.74, 6) is -0.109. The average Bonchev–Trinajstić information content (AvgIpc) is 2.64. The predicted molar refractivity (Wildman–Crippen MR) is 94.9 cm³/mol. The summed E-state index contributed by atoms with van der Waals surface area (Å²) in [4.78, 5) is 21.9. The molecule has 0 aliphatic carbocycles. The average molecular weight is 335 g/mol. The number of nitrogens with one attached hydrogen (secondary N) is 1. The first-order valence-corrected chi connectivity index (χ1v) is 8.45. The standard InChI is InChI=1S/C19H17N3OS/c1-14(17-6-2-4-12-20-17)22-19(23)15-8-10-16(11-9-15)24-18-7-3-5-13-21-18/h2-14H,1H3,(H,22,23). The summed E-state index contributed by atoms with van der Waals surface area (Å²) in [6.45, 7) is 1.92. The van der Waals surface area contributed by atoms with Gasteiger partial charge in [-0.1, -0.05) is 23.9 Å². The van der Waals surface area contributed by atoms with E-state index in [9.17, 15) is 4.79 Å².